The number of non-ortho nitro benzene ring substituents is 1. The number of rotatable bonds is 9. The van der Waals surface area contributed by atoms with Crippen LogP contribution in [0.2, 0.25) is 0 Å². The zero-order valence-corrected chi connectivity index (χ0v) is 13.3. The minimum absolute atomic E-state index is 0.0652. The lowest BCUT2D eigenvalue weighted by molar-refractivity contribution is -0.384. The number of nitro benzene ring substituents is 1. The average Bonchev–Trinajstić information content (AvgIpc) is 2.54. The zero-order chi connectivity index (χ0) is 17.2. The first kappa shape index (κ1) is 18.4. The standard InChI is InChI=1S/C15H21N5O3/c1-3-5-13(14(6-4-2)18-19-16)17-15(21)11-7-9-12(10-8-11)20(22)23/h7-10,13-14H,3-6H2,1-2H3,(H,17,21)/t13-,14-/m1/s1. The van der Waals surface area contributed by atoms with Crippen molar-refractivity contribution in [2.45, 2.75) is 51.6 Å². The van der Waals surface area contributed by atoms with Crippen LogP contribution in [0.25, 0.3) is 10.4 Å². The average molecular weight is 319 g/mol. The Hall–Kier alpha value is -2.60. The molecule has 0 heterocycles. The van der Waals surface area contributed by atoms with Crippen LogP contribution in [-0.4, -0.2) is 22.9 Å². The molecule has 1 amide bonds. The third kappa shape index (κ3) is 5.60. The zero-order valence-electron chi connectivity index (χ0n) is 13.3. The number of hydrogen-bond donors (Lipinski definition) is 1. The predicted octanol–water partition coefficient (Wildman–Crippen LogP) is 3.97. The molecule has 0 aliphatic carbocycles. The summed E-state index contributed by atoms with van der Waals surface area (Å²) < 4.78 is 0. The molecule has 0 aliphatic rings. The Kier molecular flexibility index (Phi) is 7.56. The number of azide groups is 1. The first-order valence-electron chi connectivity index (χ1n) is 7.63. The molecule has 0 saturated carbocycles. The Balaban J connectivity index is 2.87. The van der Waals surface area contributed by atoms with Crippen LogP contribution < -0.4 is 5.32 Å². The van der Waals surface area contributed by atoms with E-state index in [-0.39, 0.29) is 23.7 Å². The van der Waals surface area contributed by atoms with Gasteiger partial charge in [-0.3, -0.25) is 14.9 Å². The van der Waals surface area contributed by atoms with Gasteiger partial charge < -0.3 is 5.32 Å². The topological polar surface area (TPSA) is 121 Å². The highest BCUT2D eigenvalue weighted by Crippen LogP contribution is 2.15. The van der Waals surface area contributed by atoms with Crippen molar-refractivity contribution in [2.24, 2.45) is 5.11 Å². The maximum Gasteiger partial charge on any atom is 0.269 e. The number of amides is 1. The molecule has 0 aliphatic heterocycles. The SMILES string of the molecule is CCC[C@@H](N=[N+]=[N-])[C@@H](CCC)NC(=O)c1ccc([N+](=O)[O-])cc1. The Bertz CT molecular complexity index is 581. The molecule has 2 atom stereocenters. The van der Waals surface area contributed by atoms with Gasteiger partial charge in [0.1, 0.15) is 0 Å². The molecule has 1 rings (SSSR count). The molecule has 1 aromatic carbocycles. The van der Waals surface area contributed by atoms with Gasteiger partial charge in [-0.1, -0.05) is 31.8 Å². The number of nitro groups is 1. The normalized spacial score (nSPS) is 12.8. The molecule has 0 unspecified atom stereocenters. The van der Waals surface area contributed by atoms with E-state index in [0.29, 0.717) is 18.4 Å². The lowest BCUT2D eigenvalue weighted by Crippen LogP contribution is -2.42. The fourth-order valence-electron chi connectivity index (χ4n) is 2.36. The van der Waals surface area contributed by atoms with Crippen molar-refractivity contribution < 1.29 is 9.72 Å². The van der Waals surface area contributed by atoms with Crippen LogP contribution in [0.1, 0.15) is 49.9 Å². The quantitative estimate of drug-likeness (QED) is 0.243. The Morgan fingerprint density at radius 3 is 2.39 bits per heavy atom. The first-order chi connectivity index (χ1) is 11.0. The number of hydrogen-bond acceptors (Lipinski definition) is 4. The number of carbonyl (C=O) groups excluding carboxylic acids is 1. The maximum absolute atomic E-state index is 12.3. The Labute approximate surface area is 134 Å². The molecule has 0 aromatic heterocycles. The van der Waals surface area contributed by atoms with E-state index in [1.807, 2.05) is 13.8 Å². The van der Waals surface area contributed by atoms with Crippen LogP contribution in [0.4, 0.5) is 5.69 Å². The second-order valence-corrected chi connectivity index (χ2v) is 5.23. The van der Waals surface area contributed by atoms with Gasteiger partial charge in [-0.05, 0) is 30.5 Å². The van der Waals surface area contributed by atoms with Crippen molar-refractivity contribution in [1.82, 2.24) is 5.32 Å². The molecule has 8 heteroatoms. The summed E-state index contributed by atoms with van der Waals surface area (Å²) in [5, 5.41) is 17.3. The van der Waals surface area contributed by atoms with Gasteiger partial charge in [0, 0.05) is 28.6 Å². The van der Waals surface area contributed by atoms with Gasteiger partial charge in [-0.2, -0.15) is 0 Å². The van der Waals surface area contributed by atoms with Gasteiger partial charge in [0.2, 0.25) is 0 Å². The minimum Gasteiger partial charge on any atom is -0.349 e. The number of nitrogens with one attached hydrogen (secondary N) is 1. The summed E-state index contributed by atoms with van der Waals surface area (Å²) in [7, 11) is 0. The minimum atomic E-state index is -0.513. The number of carbonyl (C=O) groups is 1. The molecule has 8 nitrogen and oxygen atoms in total. The second kappa shape index (κ2) is 9.42. The van der Waals surface area contributed by atoms with Gasteiger partial charge in [0.15, 0.2) is 0 Å². The summed E-state index contributed by atoms with van der Waals surface area (Å²) in [5.41, 5.74) is 8.97. The molecule has 0 bridgehead atoms. The van der Waals surface area contributed by atoms with Gasteiger partial charge >= 0.3 is 0 Å². The van der Waals surface area contributed by atoms with E-state index in [1.54, 1.807) is 0 Å². The summed E-state index contributed by atoms with van der Waals surface area (Å²) in [5.74, 6) is -0.326. The highest BCUT2D eigenvalue weighted by Gasteiger charge is 2.22. The van der Waals surface area contributed by atoms with E-state index in [2.05, 4.69) is 15.3 Å². The molecule has 0 spiro atoms. The molecule has 1 N–H and O–H groups in total. The van der Waals surface area contributed by atoms with Crippen LogP contribution in [0.5, 0.6) is 0 Å². The van der Waals surface area contributed by atoms with E-state index in [4.69, 9.17) is 5.53 Å². The highest BCUT2D eigenvalue weighted by atomic mass is 16.6. The molecule has 0 saturated heterocycles. The predicted molar refractivity (Wildman–Crippen MR) is 87.1 cm³/mol. The van der Waals surface area contributed by atoms with Crippen molar-refractivity contribution in [3.8, 4) is 0 Å². The van der Waals surface area contributed by atoms with E-state index in [0.717, 1.165) is 12.8 Å². The molecule has 23 heavy (non-hydrogen) atoms. The fraction of sp³-hybridized carbons (Fsp3) is 0.533. The van der Waals surface area contributed by atoms with Crippen molar-refractivity contribution in [3.63, 3.8) is 0 Å². The summed E-state index contributed by atoms with van der Waals surface area (Å²) in [6.07, 6.45) is 3.07. The molecule has 124 valence electrons. The molecule has 0 radical (unpaired) electrons. The van der Waals surface area contributed by atoms with Gasteiger partial charge in [0.05, 0.1) is 11.0 Å². The summed E-state index contributed by atoms with van der Waals surface area (Å²) in [6, 6.07) is 4.87. The first-order valence-corrected chi connectivity index (χ1v) is 7.63. The fourth-order valence-corrected chi connectivity index (χ4v) is 2.36. The van der Waals surface area contributed by atoms with Crippen LogP contribution in [0.15, 0.2) is 29.4 Å². The Morgan fingerprint density at radius 1 is 1.30 bits per heavy atom. The monoisotopic (exact) mass is 319 g/mol. The van der Waals surface area contributed by atoms with Crippen LogP contribution in [0.3, 0.4) is 0 Å². The lowest BCUT2D eigenvalue weighted by Gasteiger charge is -2.24. The van der Waals surface area contributed by atoms with Crippen molar-refractivity contribution in [2.75, 3.05) is 0 Å². The molecular formula is C15H21N5O3. The summed E-state index contributed by atoms with van der Waals surface area (Å²) in [4.78, 5) is 25.3. The van der Waals surface area contributed by atoms with E-state index in [1.165, 1.54) is 24.3 Å². The molecular weight excluding hydrogens is 298 g/mol. The van der Waals surface area contributed by atoms with Crippen LogP contribution in [-0.2, 0) is 0 Å². The molecule has 0 fully saturated rings. The van der Waals surface area contributed by atoms with Gasteiger partial charge in [-0.25, -0.2) is 0 Å². The third-order valence-electron chi connectivity index (χ3n) is 3.51. The van der Waals surface area contributed by atoms with E-state index in [9.17, 15) is 14.9 Å². The Morgan fingerprint density at radius 2 is 1.91 bits per heavy atom. The summed E-state index contributed by atoms with van der Waals surface area (Å²) in [6.45, 7) is 3.98. The third-order valence-corrected chi connectivity index (χ3v) is 3.51. The van der Waals surface area contributed by atoms with Crippen molar-refractivity contribution in [3.05, 3.63) is 50.4 Å². The van der Waals surface area contributed by atoms with Crippen LogP contribution >= 0.6 is 0 Å². The van der Waals surface area contributed by atoms with Crippen molar-refractivity contribution >= 4 is 11.6 Å². The highest BCUT2D eigenvalue weighted by molar-refractivity contribution is 5.94. The van der Waals surface area contributed by atoms with E-state index >= 15 is 0 Å². The lowest BCUT2D eigenvalue weighted by atomic mass is 9.99. The largest absolute Gasteiger partial charge is 0.349 e. The smallest absolute Gasteiger partial charge is 0.269 e. The second-order valence-electron chi connectivity index (χ2n) is 5.23. The van der Waals surface area contributed by atoms with Crippen molar-refractivity contribution in [1.29, 1.82) is 0 Å². The molecule has 1 aromatic rings. The number of nitrogens with zero attached hydrogens (tertiary/aromatic N) is 4. The summed E-state index contributed by atoms with van der Waals surface area (Å²) >= 11 is 0. The van der Waals surface area contributed by atoms with Crippen LogP contribution in [0, 0.1) is 10.1 Å². The van der Waals surface area contributed by atoms with Gasteiger partial charge in [-0.15, -0.1) is 0 Å². The van der Waals surface area contributed by atoms with E-state index < -0.39 is 4.92 Å². The van der Waals surface area contributed by atoms with Gasteiger partial charge in [0.25, 0.3) is 11.6 Å². The maximum atomic E-state index is 12.3. The number of benzene rings is 1.